The van der Waals surface area contributed by atoms with Crippen molar-refractivity contribution in [2.24, 2.45) is 0 Å². The zero-order chi connectivity index (χ0) is 18.6. The summed E-state index contributed by atoms with van der Waals surface area (Å²) in [5, 5.41) is 8.13. The second-order valence-electron chi connectivity index (χ2n) is 6.82. The average Bonchev–Trinajstić information content (AvgIpc) is 3.39. The summed E-state index contributed by atoms with van der Waals surface area (Å²) in [6.45, 7) is 5.37. The summed E-state index contributed by atoms with van der Waals surface area (Å²) in [5.74, 6) is 0. The number of thiocarbonyl (C=S) groups is 1. The fourth-order valence-electron chi connectivity index (χ4n) is 3.38. The average molecular weight is 423 g/mol. The van der Waals surface area contributed by atoms with Gasteiger partial charge < -0.3 is 19.9 Å². The van der Waals surface area contributed by atoms with E-state index >= 15 is 0 Å². The van der Waals surface area contributed by atoms with Crippen LogP contribution >= 0.6 is 35.2 Å². The maximum atomic E-state index is 5.97. The topological polar surface area (TPSA) is 40.6 Å². The summed E-state index contributed by atoms with van der Waals surface area (Å²) in [4.78, 5) is 9.39. The van der Waals surface area contributed by atoms with E-state index < -0.39 is 0 Å². The molecule has 0 amide bonds. The third kappa shape index (κ3) is 4.71. The summed E-state index contributed by atoms with van der Waals surface area (Å²) in [6, 6.07) is 7.83. The number of anilines is 1. The number of piperazine rings is 1. The molecule has 0 aliphatic carbocycles. The van der Waals surface area contributed by atoms with E-state index in [4.69, 9.17) is 33.5 Å². The monoisotopic (exact) mass is 422 g/mol. The highest BCUT2D eigenvalue weighted by molar-refractivity contribution is 7.80. The van der Waals surface area contributed by atoms with E-state index in [1.54, 1.807) is 11.3 Å². The number of nitrogens with one attached hydrogen (secondary N) is 1. The van der Waals surface area contributed by atoms with Gasteiger partial charge in [0.25, 0.3) is 0 Å². The van der Waals surface area contributed by atoms with Gasteiger partial charge in [0.2, 0.25) is 0 Å². The van der Waals surface area contributed by atoms with Gasteiger partial charge in [0.1, 0.15) is 0 Å². The van der Waals surface area contributed by atoms with E-state index in [1.165, 1.54) is 0 Å². The Labute approximate surface area is 174 Å². The molecule has 3 heterocycles. The number of thiazole rings is 1. The SMILES string of the molecule is S=C(NC[C@@H]1CCCO1)N1CCN(c2nc(-c3ccc(Cl)cc3)cs2)CC1. The van der Waals surface area contributed by atoms with E-state index in [0.29, 0.717) is 6.10 Å². The molecule has 0 radical (unpaired) electrons. The van der Waals surface area contributed by atoms with Gasteiger partial charge in [-0.05, 0) is 37.2 Å². The molecule has 2 saturated heterocycles. The molecule has 2 fully saturated rings. The summed E-state index contributed by atoms with van der Waals surface area (Å²) < 4.78 is 5.65. The van der Waals surface area contributed by atoms with Crippen molar-refractivity contribution in [1.82, 2.24) is 15.2 Å². The van der Waals surface area contributed by atoms with Crippen molar-refractivity contribution < 1.29 is 4.74 Å². The number of nitrogens with zero attached hydrogens (tertiary/aromatic N) is 3. The van der Waals surface area contributed by atoms with Crippen molar-refractivity contribution in [2.45, 2.75) is 18.9 Å². The molecule has 5 nitrogen and oxygen atoms in total. The predicted octanol–water partition coefficient (Wildman–Crippen LogP) is 3.64. The number of hydrogen-bond acceptors (Lipinski definition) is 5. The lowest BCUT2D eigenvalue weighted by atomic mass is 10.2. The summed E-state index contributed by atoms with van der Waals surface area (Å²) in [5.41, 5.74) is 2.10. The Kier molecular flexibility index (Phi) is 6.12. The zero-order valence-corrected chi connectivity index (χ0v) is 17.5. The van der Waals surface area contributed by atoms with Crippen molar-refractivity contribution in [2.75, 3.05) is 44.2 Å². The highest BCUT2D eigenvalue weighted by Gasteiger charge is 2.22. The number of halogens is 1. The number of rotatable bonds is 4. The molecule has 1 aromatic heterocycles. The van der Waals surface area contributed by atoms with Gasteiger partial charge in [-0.25, -0.2) is 4.98 Å². The fraction of sp³-hybridized carbons (Fsp3) is 0.474. The zero-order valence-electron chi connectivity index (χ0n) is 15.1. The van der Waals surface area contributed by atoms with Gasteiger partial charge in [0, 0.05) is 55.3 Å². The van der Waals surface area contributed by atoms with Gasteiger partial charge in [-0.2, -0.15) is 0 Å². The van der Waals surface area contributed by atoms with Crippen LogP contribution in [0.5, 0.6) is 0 Å². The minimum absolute atomic E-state index is 0.311. The van der Waals surface area contributed by atoms with Crippen LogP contribution in [0.3, 0.4) is 0 Å². The van der Waals surface area contributed by atoms with E-state index in [2.05, 4.69) is 20.5 Å². The molecule has 1 aromatic carbocycles. The number of ether oxygens (including phenoxy) is 1. The number of aromatic nitrogens is 1. The van der Waals surface area contributed by atoms with E-state index in [1.807, 2.05) is 24.3 Å². The molecule has 0 saturated carbocycles. The first kappa shape index (κ1) is 18.9. The normalized spacial score (nSPS) is 20.1. The van der Waals surface area contributed by atoms with Gasteiger partial charge in [-0.3, -0.25) is 0 Å². The third-order valence-corrected chi connectivity index (χ3v) is 6.53. The molecule has 2 aliphatic rings. The van der Waals surface area contributed by atoms with Crippen LogP contribution in [-0.2, 0) is 4.74 Å². The van der Waals surface area contributed by atoms with Gasteiger partial charge in [-0.1, -0.05) is 23.7 Å². The van der Waals surface area contributed by atoms with Crippen molar-refractivity contribution in [1.29, 1.82) is 0 Å². The van der Waals surface area contributed by atoms with Crippen LogP contribution < -0.4 is 10.2 Å². The van der Waals surface area contributed by atoms with Crippen molar-refractivity contribution in [3.8, 4) is 11.3 Å². The second kappa shape index (κ2) is 8.73. The van der Waals surface area contributed by atoms with Crippen molar-refractivity contribution >= 4 is 45.4 Å². The first-order chi connectivity index (χ1) is 13.2. The Hall–Kier alpha value is -1.41. The maximum absolute atomic E-state index is 5.97. The molecule has 0 spiro atoms. The molecule has 144 valence electrons. The van der Waals surface area contributed by atoms with E-state index in [-0.39, 0.29) is 0 Å². The fourth-order valence-corrected chi connectivity index (χ4v) is 4.66. The molecule has 27 heavy (non-hydrogen) atoms. The lowest BCUT2D eigenvalue weighted by Crippen LogP contribution is -2.52. The first-order valence-corrected chi connectivity index (χ1v) is 11.0. The number of hydrogen-bond donors (Lipinski definition) is 1. The highest BCUT2D eigenvalue weighted by Crippen LogP contribution is 2.28. The smallest absolute Gasteiger partial charge is 0.185 e. The molecule has 0 bridgehead atoms. The largest absolute Gasteiger partial charge is 0.376 e. The summed E-state index contributed by atoms with van der Waals surface area (Å²) in [6.07, 6.45) is 2.60. The van der Waals surface area contributed by atoms with Crippen LogP contribution in [0.15, 0.2) is 29.6 Å². The van der Waals surface area contributed by atoms with Crippen molar-refractivity contribution in [3.05, 3.63) is 34.7 Å². The minimum atomic E-state index is 0.311. The van der Waals surface area contributed by atoms with Crippen molar-refractivity contribution in [3.63, 3.8) is 0 Å². The molecule has 1 N–H and O–H groups in total. The minimum Gasteiger partial charge on any atom is -0.376 e. The molecule has 4 rings (SSSR count). The van der Waals surface area contributed by atoms with E-state index in [0.717, 1.165) is 78.7 Å². The molecular formula is C19H23ClN4OS2. The molecule has 2 aromatic rings. The highest BCUT2D eigenvalue weighted by atomic mass is 35.5. The summed E-state index contributed by atoms with van der Waals surface area (Å²) >= 11 is 13.2. The Bertz CT molecular complexity index is 768. The third-order valence-electron chi connectivity index (χ3n) is 4.97. The Morgan fingerprint density at radius 3 is 2.74 bits per heavy atom. The van der Waals surface area contributed by atoms with Crippen LogP contribution in [0, 0.1) is 0 Å². The van der Waals surface area contributed by atoms with Gasteiger partial charge in [0.05, 0.1) is 11.8 Å². The maximum Gasteiger partial charge on any atom is 0.185 e. The molecule has 1 atom stereocenters. The lowest BCUT2D eigenvalue weighted by Gasteiger charge is -2.36. The quantitative estimate of drug-likeness (QED) is 0.758. The number of benzene rings is 1. The van der Waals surface area contributed by atoms with Gasteiger partial charge in [0.15, 0.2) is 10.2 Å². The molecular weight excluding hydrogens is 400 g/mol. The Morgan fingerprint density at radius 1 is 1.26 bits per heavy atom. The van der Waals surface area contributed by atoms with Crippen LogP contribution in [-0.4, -0.2) is 60.4 Å². The van der Waals surface area contributed by atoms with Gasteiger partial charge >= 0.3 is 0 Å². The lowest BCUT2D eigenvalue weighted by molar-refractivity contribution is 0.113. The molecule has 0 unspecified atom stereocenters. The molecule has 2 aliphatic heterocycles. The van der Waals surface area contributed by atoms with Crippen LogP contribution in [0.25, 0.3) is 11.3 Å². The Balaban J connectivity index is 1.29. The molecule has 8 heteroatoms. The Morgan fingerprint density at radius 2 is 2.04 bits per heavy atom. The standard InChI is InChI=1S/C19H23ClN4OS2/c20-15-5-3-14(4-6-15)17-13-27-19(22-17)24-9-7-23(8-10-24)18(26)21-12-16-2-1-11-25-16/h3-6,13,16H,1-2,7-12H2,(H,21,26)/t16-/m0/s1. The van der Waals surface area contributed by atoms with E-state index in [9.17, 15) is 0 Å². The van der Waals surface area contributed by atoms with Crippen LogP contribution in [0.4, 0.5) is 5.13 Å². The second-order valence-corrected chi connectivity index (χ2v) is 8.48. The van der Waals surface area contributed by atoms with Crippen LogP contribution in [0.2, 0.25) is 5.02 Å². The van der Waals surface area contributed by atoms with Gasteiger partial charge in [-0.15, -0.1) is 11.3 Å². The first-order valence-electron chi connectivity index (χ1n) is 9.30. The van der Waals surface area contributed by atoms with Crippen LogP contribution in [0.1, 0.15) is 12.8 Å². The summed E-state index contributed by atoms with van der Waals surface area (Å²) in [7, 11) is 0. The predicted molar refractivity (Wildman–Crippen MR) is 116 cm³/mol.